The number of carbonyl (C=O) groups is 1. The van der Waals surface area contributed by atoms with Crippen molar-refractivity contribution in [3.05, 3.63) is 35.9 Å². The van der Waals surface area contributed by atoms with Crippen molar-refractivity contribution in [2.45, 2.75) is 31.3 Å². The summed E-state index contributed by atoms with van der Waals surface area (Å²) >= 11 is 0. The van der Waals surface area contributed by atoms with Gasteiger partial charge in [-0.3, -0.25) is 0 Å². The molecule has 2 aliphatic rings. The molecule has 1 saturated carbocycles. The first-order valence-corrected chi connectivity index (χ1v) is 6.67. The standard InChI is InChI=1S/C14H17NO2.CO2/c16-13-15-10-14(17-13)7-6-12(9-14)8-11-4-2-1-3-5-11;2-1-3/h1-5,12H,6-10H2,(H,15,16);/t12-,14?;/m0./s1. The van der Waals surface area contributed by atoms with Gasteiger partial charge < -0.3 is 10.1 Å². The number of rotatable bonds is 2. The van der Waals surface area contributed by atoms with E-state index in [1.165, 1.54) is 5.56 Å². The van der Waals surface area contributed by atoms with Crippen molar-refractivity contribution in [2.24, 2.45) is 5.92 Å². The molecule has 0 aromatic heterocycles. The van der Waals surface area contributed by atoms with Gasteiger partial charge in [0.05, 0.1) is 6.54 Å². The molecule has 5 heteroatoms. The fourth-order valence-corrected chi connectivity index (χ4v) is 3.07. The molecule has 2 atom stereocenters. The summed E-state index contributed by atoms with van der Waals surface area (Å²) in [6.45, 7) is 0.692. The summed E-state index contributed by atoms with van der Waals surface area (Å²) in [5.41, 5.74) is 1.18. The third kappa shape index (κ3) is 3.45. The number of amides is 1. The number of nitrogens with one attached hydrogen (secondary N) is 1. The van der Waals surface area contributed by atoms with Crippen LogP contribution in [0.5, 0.6) is 0 Å². The smallest absolute Gasteiger partial charge is 0.407 e. The highest BCUT2D eigenvalue weighted by atomic mass is 16.6. The fourth-order valence-electron chi connectivity index (χ4n) is 3.07. The van der Waals surface area contributed by atoms with Crippen LogP contribution in [0.15, 0.2) is 30.3 Å². The van der Waals surface area contributed by atoms with Gasteiger partial charge in [-0.25, -0.2) is 4.79 Å². The Hall–Kier alpha value is -2.13. The van der Waals surface area contributed by atoms with E-state index in [4.69, 9.17) is 14.3 Å². The second-order valence-electron chi connectivity index (χ2n) is 5.31. The molecule has 106 valence electrons. The third-order valence-electron chi connectivity index (χ3n) is 3.90. The molecule has 0 radical (unpaired) electrons. The maximum absolute atomic E-state index is 11.1. The number of carbonyl (C=O) groups excluding carboxylic acids is 3. The zero-order valence-electron chi connectivity index (χ0n) is 11.1. The van der Waals surface area contributed by atoms with Crippen LogP contribution in [0.4, 0.5) is 4.79 Å². The van der Waals surface area contributed by atoms with Gasteiger partial charge in [0.15, 0.2) is 0 Å². The highest BCUT2D eigenvalue weighted by Crippen LogP contribution is 2.40. The average Bonchev–Trinajstić information content (AvgIpc) is 2.99. The lowest BCUT2D eigenvalue weighted by Gasteiger charge is -2.20. The summed E-state index contributed by atoms with van der Waals surface area (Å²) in [5.74, 6) is 0.644. The molecule has 1 aliphatic carbocycles. The summed E-state index contributed by atoms with van der Waals surface area (Å²) in [4.78, 5) is 27.4. The van der Waals surface area contributed by atoms with Crippen LogP contribution in [0.3, 0.4) is 0 Å². The minimum Gasteiger partial charge on any atom is -0.441 e. The molecule has 5 nitrogen and oxygen atoms in total. The van der Waals surface area contributed by atoms with Gasteiger partial charge in [0.25, 0.3) is 0 Å². The topological polar surface area (TPSA) is 72.5 Å². The first-order valence-electron chi connectivity index (χ1n) is 6.67. The van der Waals surface area contributed by atoms with Crippen LogP contribution in [0.1, 0.15) is 24.8 Å². The monoisotopic (exact) mass is 275 g/mol. The second-order valence-corrected chi connectivity index (χ2v) is 5.31. The van der Waals surface area contributed by atoms with E-state index in [0.29, 0.717) is 12.5 Å². The predicted molar refractivity (Wildman–Crippen MR) is 69.7 cm³/mol. The van der Waals surface area contributed by atoms with Crippen LogP contribution in [-0.2, 0) is 20.7 Å². The van der Waals surface area contributed by atoms with Crippen molar-refractivity contribution < 1.29 is 19.1 Å². The zero-order chi connectivity index (χ0) is 14.4. The Morgan fingerprint density at radius 2 is 2.00 bits per heavy atom. The Labute approximate surface area is 117 Å². The highest BCUT2D eigenvalue weighted by molar-refractivity contribution is 5.70. The SMILES string of the molecule is O=C1NCC2(CC[C@@H](Cc3ccccc3)C2)O1.O=C=O. The molecule has 20 heavy (non-hydrogen) atoms. The maximum Gasteiger partial charge on any atom is 0.407 e. The minimum atomic E-state index is -0.245. The summed E-state index contributed by atoms with van der Waals surface area (Å²) in [7, 11) is 0. The number of alkyl carbamates (subject to hydrolysis) is 1. The summed E-state index contributed by atoms with van der Waals surface area (Å²) in [6.07, 6.45) is 4.26. The molecule has 1 spiro atoms. The van der Waals surface area contributed by atoms with Gasteiger partial charge in [0.2, 0.25) is 0 Å². The molecule has 0 bridgehead atoms. The lowest BCUT2D eigenvalue weighted by Crippen LogP contribution is -2.29. The summed E-state index contributed by atoms with van der Waals surface area (Å²) < 4.78 is 5.43. The first-order chi connectivity index (χ1) is 9.67. The van der Waals surface area contributed by atoms with Crippen LogP contribution >= 0.6 is 0 Å². The number of hydrogen-bond acceptors (Lipinski definition) is 4. The molecule has 1 aliphatic heterocycles. The van der Waals surface area contributed by atoms with E-state index < -0.39 is 0 Å². The van der Waals surface area contributed by atoms with E-state index in [0.717, 1.165) is 25.7 Å². The Morgan fingerprint density at radius 1 is 1.30 bits per heavy atom. The van der Waals surface area contributed by atoms with Gasteiger partial charge in [0, 0.05) is 0 Å². The Bertz CT molecular complexity index is 496. The van der Waals surface area contributed by atoms with Gasteiger partial charge in [-0.1, -0.05) is 30.3 Å². The molecule has 1 aromatic rings. The minimum absolute atomic E-state index is 0.198. The van der Waals surface area contributed by atoms with Crippen molar-refractivity contribution in [3.63, 3.8) is 0 Å². The Balaban J connectivity index is 0.000000452. The molecule has 3 rings (SSSR count). The zero-order valence-corrected chi connectivity index (χ0v) is 11.1. The van der Waals surface area contributed by atoms with Crippen LogP contribution in [0, 0.1) is 5.92 Å². The molecule has 1 unspecified atom stereocenters. The van der Waals surface area contributed by atoms with E-state index in [-0.39, 0.29) is 17.8 Å². The van der Waals surface area contributed by atoms with E-state index >= 15 is 0 Å². The second kappa shape index (κ2) is 6.35. The lowest BCUT2D eigenvalue weighted by molar-refractivity contribution is -0.191. The van der Waals surface area contributed by atoms with Crippen molar-refractivity contribution in [2.75, 3.05) is 6.54 Å². The van der Waals surface area contributed by atoms with Crippen molar-refractivity contribution in [1.82, 2.24) is 5.32 Å². The van der Waals surface area contributed by atoms with Crippen molar-refractivity contribution >= 4 is 12.2 Å². The van der Waals surface area contributed by atoms with Crippen LogP contribution in [-0.4, -0.2) is 24.4 Å². The summed E-state index contributed by atoms with van der Waals surface area (Å²) in [5, 5.41) is 2.78. The first kappa shape index (κ1) is 14.3. The van der Waals surface area contributed by atoms with Crippen LogP contribution in [0.25, 0.3) is 0 Å². The molecule has 1 amide bonds. The van der Waals surface area contributed by atoms with E-state index in [1.54, 1.807) is 0 Å². The van der Waals surface area contributed by atoms with E-state index in [9.17, 15) is 4.79 Å². The molecule has 1 aromatic carbocycles. The predicted octanol–water partition coefficient (Wildman–Crippen LogP) is 1.92. The summed E-state index contributed by atoms with van der Waals surface area (Å²) in [6, 6.07) is 10.5. The average molecular weight is 275 g/mol. The van der Waals surface area contributed by atoms with Gasteiger partial charge in [-0.15, -0.1) is 0 Å². The van der Waals surface area contributed by atoms with Gasteiger partial charge >= 0.3 is 12.2 Å². The fraction of sp³-hybridized carbons (Fsp3) is 0.467. The lowest BCUT2D eigenvalue weighted by atomic mass is 9.95. The van der Waals surface area contributed by atoms with Crippen LogP contribution in [0.2, 0.25) is 0 Å². The van der Waals surface area contributed by atoms with E-state index in [2.05, 4.69) is 29.6 Å². The molecule has 2 fully saturated rings. The van der Waals surface area contributed by atoms with Gasteiger partial charge in [-0.2, -0.15) is 9.59 Å². The van der Waals surface area contributed by atoms with Crippen molar-refractivity contribution in [1.29, 1.82) is 0 Å². The molecule has 1 saturated heterocycles. The largest absolute Gasteiger partial charge is 0.441 e. The normalized spacial score (nSPS) is 27.2. The number of hydrogen-bond donors (Lipinski definition) is 1. The van der Waals surface area contributed by atoms with Gasteiger partial charge in [0.1, 0.15) is 5.60 Å². The Kier molecular flexibility index (Phi) is 4.53. The van der Waals surface area contributed by atoms with Crippen LogP contribution < -0.4 is 5.32 Å². The quantitative estimate of drug-likeness (QED) is 0.895. The Morgan fingerprint density at radius 3 is 2.60 bits per heavy atom. The molecule has 1 N–H and O–H groups in total. The number of ether oxygens (including phenoxy) is 1. The van der Waals surface area contributed by atoms with E-state index in [1.807, 2.05) is 6.07 Å². The molecular weight excluding hydrogens is 258 g/mol. The number of benzene rings is 1. The molecule has 1 heterocycles. The maximum atomic E-state index is 11.1. The third-order valence-corrected chi connectivity index (χ3v) is 3.90. The molecular formula is C15H17NO4. The van der Waals surface area contributed by atoms with Crippen molar-refractivity contribution in [3.8, 4) is 0 Å². The highest BCUT2D eigenvalue weighted by Gasteiger charge is 2.46. The van der Waals surface area contributed by atoms with Gasteiger partial charge in [-0.05, 0) is 37.2 Å².